The van der Waals surface area contributed by atoms with Crippen LogP contribution in [0.3, 0.4) is 0 Å². The molecule has 0 saturated carbocycles. The predicted octanol–water partition coefficient (Wildman–Crippen LogP) is 4.75. The van der Waals surface area contributed by atoms with Gasteiger partial charge in [0.15, 0.2) is 0 Å². The normalized spacial score (nSPS) is 11.4. The SMILES string of the molecule is CC(C)CCCCCCCOC(=O)CCCOCCOC(C)C. The molecular weight excluding hydrogens is 292 g/mol. The minimum Gasteiger partial charge on any atom is -0.466 e. The molecule has 138 valence electrons. The first-order valence-electron chi connectivity index (χ1n) is 9.37. The second-order valence-electron chi connectivity index (χ2n) is 6.81. The molecule has 0 aromatic carbocycles. The van der Waals surface area contributed by atoms with Gasteiger partial charge in [0.1, 0.15) is 0 Å². The van der Waals surface area contributed by atoms with Crippen LogP contribution in [0.4, 0.5) is 0 Å². The van der Waals surface area contributed by atoms with Crippen molar-refractivity contribution >= 4 is 5.97 Å². The van der Waals surface area contributed by atoms with Gasteiger partial charge in [-0.2, -0.15) is 0 Å². The Balaban J connectivity index is 3.19. The molecule has 0 unspecified atom stereocenters. The lowest BCUT2D eigenvalue weighted by Crippen LogP contribution is -2.11. The molecule has 23 heavy (non-hydrogen) atoms. The van der Waals surface area contributed by atoms with Gasteiger partial charge in [0, 0.05) is 13.0 Å². The van der Waals surface area contributed by atoms with Gasteiger partial charge >= 0.3 is 5.97 Å². The summed E-state index contributed by atoms with van der Waals surface area (Å²) in [6.45, 7) is 10.9. The van der Waals surface area contributed by atoms with Crippen LogP contribution in [-0.4, -0.2) is 38.5 Å². The third-order valence-electron chi connectivity index (χ3n) is 3.54. The van der Waals surface area contributed by atoms with Gasteiger partial charge in [-0.05, 0) is 32.6 Å². The van der Waals surface area contributed by atoms with E-state index in [-0.39, 0.29) is 12.1 Å². The van der Waals surface area contributed by atoms with Gasteiger partial charge in [-0.25, -0.2) is 0 Å². The summed E-state index contributed by atoms with van der Waals surface area (Å²) in [6.07, 6.45) is 8.72. The van der Waals surface area contributed by atoms with Crippen LogP contribution in [0.25, 0.3) is 0 Å². The Morgan fingerprint density at radius 1 is 0.783 bits per heavy atom. The molecule has 0 amide bonds. The van der Waals surface area contributed by atoms with Gasteiger partial charge in [0.05, 0.1) is 25.9 Å². The first kappa shape index (κ1) is 22.4. The average Bonchev–Trinajstić information content (AvgIpc) is 2.48. The van der Waals surface area contributed by atoms with Crippen molar-refractivity contribution in [2.24, 2.45) is 5.92 Å². The molecule has 0 spiro atoms. The number of carbonyl (C=O) groups is 1. The Bertz CT molecular complexity index is 264. The largest absolute Gasteiger partial charge is 0.466 e. The summed E-state index contributed by atoms with van der Waals surface area (Å²) in [4.78, 5) is 11.5. The van der Waals surface area contributed by atoms with E-state index < -0.39 is 0 Å². The zero-order chi connectivity index (χ0) is 17.3. The van der Waals surface area contributed by atoms with Crippen LogP contribution in [0.1, 0.15) is 79.1 Å². The Morgan fingerprint density at radius 2 is 1.48 bits per heavy atom. The monoisotopic (exact) mass is 330 g/mol. The summed E-state index contributed by atoms with van der Waals surface area (Å²) < 4.78 is 16.0. The quantitative estimate of drug-likeness (QED) is 0.303. The van der Waals surface area contributed by atoms with E-state index in [0.29, 0.717) is 32.8 Å². The number of unbranched alkanes of at least 4 members (excludes halogenated alkanes) is 4. The van der Waals surface area contributed by atoms with Crippen molar-refractivity contribution in [1.29, 1.82) is 0 Å². The highest BCUT2D eigenvalue weighted by molar-refractivity contribution is 5.69. The van der Waals surface area contributed by atoms with Crippen molar-refractivity contribution in [1.82, 2.24) is 0 Å². The van der Waals surface area contributed by atoms with Gasteiger partial charge in [0.2, 0.25) is 0 Å². The fraction of sp³-hybridized carbons (Fsp3) is 0.947. The van der Waals surface area contributed by atoms with E-state index in [1.807, 2.05) is 13.8 Å². The number of rotatable bonds is 16. The molecule has 0 aliphatic carbocycles. The minimum atomic E-state index is -0.105. The van der Waals surface area contributed by atoms with Crippen LogP contribution in [0.15, 0.2) is 0 Å². The highest BCUT2D eigenvalue weighted by Gasteiger charge is 2.03. The van der Waals surface area contributed by atoms with Crippen LogP contribution < -0.4 is 0 Å². The third kappa shape index (κ3) is 19.3. The fourth-order valence-corrected chi connectivity index (χ4v) is 2.21. The lowest BCUT2D eigenvalue weighted by molar-refractivity contribution is -0.144. The molecule has 0 saturated heterocycles. The van der Waals surface area contributed by atoms with Gasteiger partial charge in [-0.3, -0.25) is 4.79 Å². The minimum absolute atomic E-state index is 0.105. The summed E-state index contributed by atoms with van der Waals surface area (Å²) in [7, 11) is 0. The maximum Gasteiger partial charge on any atom is 0.305 e. The smallest absolute Gasteiger partial charge is 0.305 e. The average molecular weight is 331 g/mol. The molecule has 0 atom stereocenters. The van der Waals surface area contributed by atoms with Crippen LogP contribution in [-0.2, 0) is 19.0 Å². The summed E-state index contributed by atoms with van der Waals surface area (Å²) in [5.74, 6) is 0.703. The summed E-state index contributed by atoms with van der Waals surface area (Å²) in [6, 6.07) is 0. The Kier molecular flexibility index (Phi) is 15.8. The zero-order valence-corrected chi connectivity index (χ0v) is 15.8. The maximum atomic E-state index is 11.5. The third-order valence-corrected chi connectivity index (χ3v) is 3.54. The summed E-state index contributed by atoms with van der Waals surface area (Å²) in [5, 5.41) is 0. The lowest BCUT2D eigenvalue weighted by atomic mass is 10.0. The number of esters is 1. The van der Waals surface area contributed by atoms with E-state index in [2.05, 4.69) is 13.8 Å². The van der Waals surface area contributed by atoms with Crippen molar-refractivity contribution in [3.8, 4) is 0 Å². The van der Waals surface area contributed by atoms with Crippen molar-refractivity contribution < 1.29 is 19.0 Å². The highest BCUT2D eigenvalue weighted by Crippen LogP contribution is 2.10. The lowest BCUT2D eigenvalue weighted by Gasteiger charge is -2.08. The van der Waals surface area contributed by atoms with Crippen LogP contribution >= 0.6 is 0 Å². The molecule has 0 aliphatic heterocycles. The molecule has 0 aromatic rings. The van der Waals surface area contributed by atoms with Crippen LogP contribution in [0.5, 0.6) is 0 Å². The van der Waals surface area contributed by atoms with Gasteiger partial charge in [-0.15, -0.1) is 0 Å². The van der Waals surface area contributed by atoms with E-state index >= 15 is 0 Å². The van der Waals surface area contributed by atoms with Crippen molar-refractivity contribution in [3.05, 3.63) is 0 Å². The van der Waals surface area contributed by atoms with E-state index in [1.54, 1.807) is 0 Å². The summed E-state index contributed by atoms with van der Waals surface area (Å²) >= 11 is 0. The Labute approximate surface area is 143 Å². The van der Waals surface area contributed by atoms with Crippen molar-refractivity contribution in [2.75, 3.05) is 26.4 Å². The van der Waals surface area contributed by atoms with Crippen LogP contribution in [0.2, 0.25) is 0 Å². The number of ether oxygens (including phenoxy) is 3. The number of hydrogen-bond donors (Lipinski definition) is 0. The second kappa shape index (κ2) is 16.3. The molecule has 0 aliphatic rings. The Hall–Kier alpha value is -0.610. The standard InChI is InChI=1S/C19H38O4/c1-17(2)11-8-6-5-7-9-14-23-19(20)12-10-13-21-15-16-22-18(3)4/h17-18H,5-16H2,1-4H3. The maximum absolute atomic E-state index is 11.5. The van der Waals surface area contributed by atoms with Crippen LogP contribution in [0, 0.1) is 5.92 Å². The first-order valence-corrected chi connectivity index (χ1v) is 9.37. The molecule has 0 fully saturated rings. The Morgan fingerprint density at radius 3 is 2.17 bits per heavy atom. The topological polar surface area (TPSA) is 44.8 Å². The summed E-state index contributed by atoms with van der Waals surface area (Å²) in [5.41, 5.74) is 0. The van der Waals surface area contributed by atoms with Gasteiger partial charge in [-0.1, -0.05) is 46.0 Å². The molecular formula is C19H38O4. The molecule has 0 aromatic heterocycles. The number of carbonyl (C=O) groups excluding carboxylic acids is 1. The van der Waals surface area contributed by atoms with E-state index in [0.717, 1.165) is 25.2 Å². The fourth-order valence-electron chi connectivity index (χ4n) is 2.21. The van der Waals surface area contributed by atoms with Gasteiger partial charge < -0.3 is 14.2 Å². The second-order valence-corrected chi connectivity index (χ2v) is 6.81. The van der Waals surface area contributed by atoms with Gasteiger partial charge in [0.25, 0.3) is 0 Å². The van der Waals surface area contributed by atoms with E-state index in [1.165, 1.54) is 25.7 Å². The molecule has 0 radical (unpaired) electrons. The zero-order valence-electron chi connectivity index (χ0n) is 15.8. The molecule has 0 bridgehead atoms. The van der Waals surface area contributed by atoms with E-state index in [9.17, 15) is 4.79 Å². The first-order chi connectivity index (χ1) is 11.0. The molecule has 0 N–H and O–H groups in total. The van der Waals surface area contributed by atoms with E-state index in [4.69, 9.17) is 14.2 Å². The molecule has 0 rings (SSSR count). The molecule has 4 heteroatoms. The molecule has 4 nitrogen and oxygen atoms in total. The predicted molar refractivity (Wildman–Crippen MR) is 94.6 cm³/mol. The molecule has 0 heterocycles. The number of hydrogen-bond acceptors (Lipinski definition) is 4. The van der Waals surface area contributed by atoms with Crippen molar-refractivity contribution in [3.63, 3.8) is 0 Å². The van der Waals surface area contributed by atoms with Crippen molar-refractivity contribution in [2.45, 2.75) is 85.2 Å². The highest BCUT2D eigenvalue weighted by atomic mass is 16.5.